The van der Waals surface area contributed by atoms with Crippen molar-refractivity contribution in [3.05, 3.63) is 0 Å². The predicted molar refractivity (Wildman–Crippen MR) is 22.5 cm³/mol. The van der Waals surface area contributed by atoms with E-state index in [1.807, 2.05) is 6.92 Å². The van der Waals surface area contributed by atoms with Crippen molar-refractivity contribution in [2.75, 3.05) is 0 Å². The van der Waals surface area contributed by atoms with Gasteiger partial charge in [-0.3, -0.25) is 4.79 Å². The van der Waals surface area contributed by atoms with Crippen LogP contribution in [-0.4, -0.2) is 11.1 Å². The summed E-state index contributed by atoms with van der Waals surface area (Å²) in [7, 11) is 0. The molecule has 0 unspecified atom stereocenters. The van der Waals surface area contributed by atoms with Gasteiger partial charge in [-0.25, -0.2) is 0 Å². The minimum atomic E-state index is -0.711. The summed E-state index contributed by atoms with van der Waals surface area (Å²) < 4.78 is 0. The molecular formula is C4H8O2. The summed E-state index contributed by atoms with van der Waals surface area (Å²) in [6, 6.07) is 0. The second kappa shape index (κ2) is 2.69. The first kappa shape index (κ1) is 5.47. The minimum absolute atomic E-state index is 0.292. The van der Waals surface area contributed by atoms with Crippen molar-refractivity contribution in [2.45, 2.75) is 19.8 Å². The molecule has 0 saturated heterocycles. The minimum Gasteiger partial charge on any atom is -0.481 e. The summed E-state index contributed by atoms with van der Waals surface area (Å²) in [5, 5.41) is 7.91. The van der Waals surface area contributed by atoms with E-state index in [9.17, 15) is 4.79 Å². The van der Waals surface area contributed by atoms with Crippen LogP contribution < -0.4 is 0 Å². The van der Waals surface area contributed by atoms with Crippen molar-refractivity contribution in [3.8, 4) is 0 Å². The maximum Gasteiger partial charge on any atom is 0.303 e. The second-order valence-electron chi connectivity index (χ2n) is 1.14. The Kier molecular flexibility index (Phi) is 2.46. The highest BCUT2D eigenvalue weighted by Crippen LogP contribution is 1.82. The zero-order valence-corrected chi connectivity index (χ0v) is 3.77. The van der Waals surface area contributed by atoms with Crippen LogP contribution in [0, 0.1) is 0 Å². The van der Waals surface area contributed by atoms with Crippen LogP contribution >= 0.6 is 0 Å². The van der Waals surface area contributed by atoms with Crippen LogP contribution in [0.3, 0.4) is 0 Å². The Hall–Kier alpha value is -0.530. The van der Waals surface area contributed by atoms with Crippen molar-refractivity contribution in [3.63, 3.8) is 0 Å². The van der Waals surface area contributed by atoms with E-state index in [0.717, 1.165) is 6.42 Å². The molecule has 0 atom stereocenters. The molecule has 6 heavy (non-hydrogen) atoms. The fourth-order valence-electron chi connectivity index (χ4n) is 0.214. The lowest BCUT2D eigenvalue weighted by atomic mass is 10.6. The standard InChI is InChI=1S/C4H8O2/c1-2-3-4(5)6/h2-3H2,1H3,(H,5,6)/i2+1. The smallest absolute Gasteiger partial charge is 0.303 e. The number of aliphatic carboxylic acids is 1. The summed E-state index contributed by atoms with van der Waals surface area (Å²) in [4.78, 5) is 9.60. The zero-order valence-electron chi connectivity index (χ0n) is 3.77. The summed E-state index contributed by atoms with van der Waals surface area (Å²) in [6.45, 7) is 1.84. The first-order chi connectivity index (χ1) is 2.77. The summed E-state index contributed by atoms with van der Waals surface area (Å²) in [5.74, 6) is -0.711. The summed E-state index contributed by atoms with van der Waals surface area (Å²) in [6.07, 6.45) is 1.02. The molecule has 0 aromatic heterocycles. The van der Waals surface area contributed by atoms with Gasteiger partial charge in [0.1, 0.15) is 0 Å². The van der Waals surface area contributed by atoms with E-state index in [-0.39, 0.29) is 0 Å². The molecular weight excluding hydrogens is 81.0 g/mol. The number of rotatable bonds is 2. The van der Waals surface area contributed by atoms with Gasteiger partial charge >= 0.3 is 5.97 Å². The van der Waals surface area contributed by atoms with Gasteiger partial charge in [-0.1, -0.05) is 6.92 Å². The molecule has 0 heterocycles. The van der Waals surface area contributed by atoms with Crippen LogP contribution in [-0.2, 0) is 4.79 Å². The molecule has 36 valence electrons. The van der Waals surface area contributed by atoms with E-state index in [1.54, 1.807) is 0 Å². The van der Waals surface area contributed by atoms with Crippen molar-refractivity contribution in [2.24, 2.45) is 0 Å². The van der Waals surface area contributed by atoms with Gasteiger partial charge in [0.25, 0.3) is 0 Å². The zero-order chi connectivity index (χ0) is 4.99. The predicted octanol–water partition coefficient (Wildman–Crippen LogP) is 0.871. The molecule has 1 N–H and O–H groups in total. The van der Waals surface area contributed by atoms with Crippen LogP contribution in [0.1, 0.15) is 19.8 Å². The van der Waals surface area contributed by atoms with E-state index in [1.165, 1.54) is 0 Å². The Morgan fingerprint density at radius 1 is 1.83 bits per heavy atom. The number of hydrogen-bond acceptors (Lipinski definition) is 1. The summed E-state index contributed by atoms with van der Waals surface area (Å²) >= 11 is 0. The average molecular weight is 89.1 g/mol. The molecule has 0 rings (SSSR count). The van der Waals surface area contributed by atoms with Crippen LogP contribution in [0.15, 0.2) is 0 Å². The normalized spacial score (nSPS) is 8.17. The molecule has 2 nitrogen and oxygen atoms in total. The number of carbonyl (C=O) groups is 1. The van der Waals surface area contributed by atoms with Crippen molar-refractivity contribution in [1.82, 2.24) is 0 Å². The van der Waals surface area contributed by atoms with Crippen molar-refractivity contribution >= 4 is 5.97 Å². The van der Waals surface area contributed by atoms with Gasteiger partial charge in [0.15, 0.2) is 0 Å². The second-order valence-corrected chi connectivity index (χ2v) is 1.14. The highest BCUT2D eigenvalue weighted by atomic mass is 16.4. The molecule has 0 radical (unpaired) electrons. The van der Waals surface area contributed by atoms with Gasteiger partial charge in [-0.05, 0) is 6.42 Å². The number of hydrogen-bond donors (Lipinski definition) is 1. The van der Waals surface area contributed by atoms with Gasteiger partial charge in [-0.15, -0.1) is 0 Å². The number of carboxylic acids is 1. The van der Waals surface area contributed by atoms with Gasteiger partial charge < -0.3 is 5.11 Å². The largest absolute Gasteiger partial charge is 0.481 e. The van der Waals surface area contributed by atoms with E-state index >= 15 is 0 Å². The molecule has 0 aromatic rings. The van der Waals surface area contributed by atoms with Crippen LogP contribution in [0.4, 0.5) is 0 Å². The Morgan fingerprint density at radius 2 is 2.33 bits per heavy atom. The Balaban J connectivity index is 2.83. The van der Waals surface area contributed by atoms with Gasteiger partial charge in [0.2, 0.25) is 0 Å². The number of carboxylic acid groups (broad SMARTS) is 1. The molecule has 0 fully saturated rings. The lowest BCUT2D eigenvalue weighted by Gasteiger charge is -1.79. The molecule has 0 aliphatic carbocycles. The topological polar surface area (TPSA) is 37.3 Å². The third-order valence-corrected chi connectivity index (χ3v) is 0.464. The fourth-order valence-corrected chi connectivity index (χ4v) is 0.214. The lowest BCUT2D eigenvalue weighted by Crippen LogP contribution is -1.90. The molecule has 0 bridgehead atoms. The molecule has 0 amide bonds. The monoisotopic (exact) mass is 89.1 g/mol. The Morgan fingerprint density at radius 3 is 2.33 bits per heavy atom. The molecule has 2 heteroatoms. The Labute approximate surface area is 36.8 Å². The first-order valence-corrected chi connectivity index (χ1v) is 1.99. The molecule has 0 aromatic carbocycles. The average Bonchev–Trinajstić information content (AvgIpc) is 1.35. The van der Waals surface area contributed by atoms with Gasteiger partial charge in [0, 0.05) is 6.42 Å². The van der Waals surface area contributed by atoms with Crippen LogP contribution in [0.25, 0.3) is 0 Å². The van der Waals surface area contributed by atoms with Crippen molar-refractivity contribution in [1.29, 1.82) is 0 Å². The Bertz CT molecular complexity index is 49.5. The SMILES string of the molecule is C[13CH2]CC(=O)O. The first-order valence-electron chi connectivity index (χ1n) is 1.99. The van der Waals surface area contributed by atoms with E-state index in [0.29, 0.717) is 6.42 Å². The summed E-state index contributed by atoms with van der Waals surface area (Å²) in [5.41, 5.74) is 0. The van der Waals surface area contributed by atoms with Crippen LogP contribution in [0.5, 0.6) is 0 Å². The van der Waals surface area contributed by atoms with Gasteiger partial charge in [-0.2, -0.15) is 0 Å². The maximum absolute atomic E-state index is 9.60. The van der Waals surface area contributed by atoms with E-state index in [4.69, 9.17) is 5.11 Å². The highest BCUT2D eigenvalue weighted by Gasteiger charge is 1.87. The van der Waals surface area contributed by atoms with Gasteiger partial charge in [0.05, 0.1) is 0 Å². The quantitative estimate of drug-likeness (QED) is 0.509. The molecule has 0 spiro atoms. The highest BCUT2D eigenvalue weighted by molar-refractivity contribution is 5.66. The fraction of sp³-hybridized carbons (Fsp3) is 0.750. The molecule has 0 saturated carbocycles. The van der Waals surface area contributed by atoms with Crippen LogP contribution in [0.2, 0.25) is 0 Å². The molecule has 0 aliphatic rings. The third kappa shape index (κ3) is 3.47. The van der Waals surface area contributed by atoms with E-state index in [2.05, 4.69) is 0 Å². The maximum atomic E-state index is 9.60. The lowest BCUT2D eigenvalue weighted by molar-refractivity contribution is -0.137. The molecule has 0 aliphatic heterocycles. The third-order valence-electron chi connectivity index (χ3n) is 0.464. The van der Waals surface area contributed by atoms with E-state index < -0.39 is 5.97 Å². The van der Waals surface area contributed by atoms with Crippen molar-refractivity contribution < 1.29 is 9.90 Å².